The third-order valence-electron chi connectivity index (χ3n) is 13.6. The van der Waals surface area contributed by atoms with Crippen molar-refractivity contribution in [2.24, 2.45) is 0 Å². The van der Waals surface area contributed by atoms with E-state index < -0.39 is 0 Å². The van der Waals surface area contributed by atoms with Gasteiger partial charge in [-0.25, -0.2) is 0 Å². The zero-order valence-electron chi connectivity index (χ0n) is 37.9. The van der Waals surface area contributed by atoms with Crippen LogP contribution in [0.3, 0.4) is 0 Å². The first-order valence-corrected chi connectivity index (χ1v) is 23.3. The Balaban J connectivity index is 0.000000926. The van der Waals surface area contributed by atoms with Crippen molar-refractivity contribution in [3.05, 3.63) is 250 Å². The van der Waals surface area contributed by atoms with Gasteiger partial charge in [0.05, 0.1) is 33.1 Å². The normalized spacial score (nSPS) is 11.5. The number of benzene rings is 11. The van der Waals surface area contributed by atoms with Gasteiger partial charge in [-0.3, -0.25) is 0 Å². The molecule has 0 aliphatic rings. The Hall–Kier alpha value is -8.92. The van der Waals surface area contributed by atoms with Gasteiger partial charge in [0.15, 0.2) is 0 Å². The Bertz CT molecular complexity index is 4190. The van der Waals surface area contributed by atoms with Gasteiger partial charge in [0.1, 0.15) is 0 Å². The van der Waals surface area contributed by atoms with Crippen molar-refractivity contribution in [1.82, 2.24) is 13.7 Å². The molecular formula is C65H47N3. The molecule has 3 aromatic heterocycles. The van der Waals surface area contributed by atoms with E-state index in [4.69, 9.17) is 0 Å². The van der Waals surface area contributed by atoms with E-state index in [9.17, 15) is 0 Å². The van der Waals surface area contributed by atoms with Gasteiger partial charge >= 0.3 is 0 Å². The maximum atomic E-state index is 3.36. The summed E-state index contributed by atoms with van der Waals surface area (Å²) >= 11 is 0. The van der Waals surface area contributed by atoms with Crippen molar-refractivity contribution in [3.8, 4) is 28.2 Å². The highest BCUT2D eigenvalue weighted by molar-refractivity contribution is 6.45. The number of para-hydroxylation sites is 5. The lowest BCUT2D eigenvalue weighted by Gasteiger charge is -2.16. The molecule has 0 saturated carbocycles. The number of hydrogen-bond acceptors (Lipinski definition) is 0. The molecule has 14 rings (SSSR count). The SMILES string of the molecule is C=C.C=CC.c1ccc(-n2c3ccccc3c3c4c(c5ccccc5c32)c2ccccc2c2c4c3ccccc3n2-c2ccc(-c3ccc(-n4c5ccccc5c5ccccc54)cc3)cc2)cc1. The highest BCUT2D eigenvalue weighted by atomic mass is 15.0. The van der Waals surface area contributed by atoms with E-state index >= 15 is 0 Å². The lowest BCUT2D eigenvalue weighted by atomic mass is 9.89. The first-order chi connectivity index (χ1) is 33.7. The maximum absolute atomic E-state index is 3.36. The molecule has 3 heteroatoms. The maximum Gasteiger partial charge on any atom is 0.0626 e. The second-order valence-electron chi connectivity index (χ2n) is 17.2. The summed E-state index contributed by atoms with van der Waals surface area (Å²) in [4.78, 5) is 0. The molecule has 0 amide bonds. The third-order valence-corrected chi connectivity index (χ3v) is 13.6. The molecule has 68 heavy (non-hydrogen) atoms. The quantitative estimate of drug-likeness (QED) is 0.124. The molecule has 0 spiro atoms. The van der Waals surface area contributed by atoms with E-state index in [1.807, 2.05) is 6.92 Å². The number of aromatic nitrogens is 3. The second kappa shape index (κ2) is 16.5. The van der Waals surface area contributed by atoms with Crippen LogP contribution in [0.15, 0.2) is 250 Å². The fraction of sp³-hybridized carbons (Fsp3) is 0.0154. The van der Waals surface area contributed by atoms with Crippen LogP contribution in [0.4, 0.5) is 0 Å². The summed E-state index contributed by atoms with van der Waals surface area (Å²) in [5.74, 6) is 0. The highest BCUT2D eigenvalue weighted by Crippen LogP contribution is 2.50. The van der Waals surface area contributed by atoms with E-state index in [1.165, 1.54) is 109 Å². The van der Waals surface area contributed by atoms with Gasteiger partial charge in [-0.2, -0.15) is 0 Å². The Morgan fingerprint density at radius 3 is 0.985 bits per heavy atom. The van der Waals surface area contributed by atoms with Gasteiger partial charge in [-0.15, -0.1) is 19.7 Å². The lowest BCUT2D eigenvalue weighted by molar-refractivity contribution is 1.18. The standard InChI is InChI=1S/C60H37N3.C3H6.C2H4/c1-2-16-40(17-3-1)62-53-28-14-10-24-49(53)56-58-55(45-20-4-6-22-47(45)59(56)62)46-21-5-7-23-48(46)60-57(58)50-25-11-15-29-54(50)63(60)42-36-32-39(33-37-42)38-30-34-41(35-31-38)61-51-26-12-8-18-43(51)44-19-9-13-27-52(44)61;1-3-2;1-2/h1-37H;3H,1H2,2H3;1-2H2. The zero-order valence-corrected chi connectivity index (χ0v) is 37.9. The molecule has 3 heterocycles. The van der Waals surface area contributed by atoms with Crippen molar-refractivity contribution >= 4 is 97.7 Å². The van der Waals surface area contributed by atoms with E-state index in [-0.39, 0.29) is 0 Å². The van der Waals surface area contributed by atoms with Crippen LogP contribution >= 0.6 is 0 Å². The molecule has 0 saturated heterocycles. The van der Waals surface area contributed by atoms with Crippen LogP contribution in [-0.2, 0) is 0 Å². The summed E-state index contributed by atoms with van der Waals surface area (Å²) in [7, 11) is 0. The molecular weight excluding hydrogens is 823 g/mol. The van der Waals surface area contributed by atoms with Crippen LogP contribution in [-0.4, -0.2) is 13.7 Å². The van der Waals surface area contributed by atoms with Gasteiger partial charge < -0.3 is 13.7 Å². The third kappa shape index (κ3) is 5.99. The Morgan fingerprint density at radius 2 is 0.574 bits per heavy atom. The highest BCUT2D eigenvalue weighted by Gasteiger charge is 2.26. The van der Waals surface area contributed by atoms with Crippen molar-refractivity contribution in [3.63, 3.8) is 0 Å². The summed E-state index contributed by atoms with van der Waals surface area (Å²) in [5.41, 5.74) is 13.2. The zero-order chi connectivity index (χ0) is 45.9. The molecule has 0 radical (unpaired) electrons. The van der Waals surface area contributed by atoms with Crippen LogP contribution < -0.4 is 0 Å². The summed E-state index contributed by atoms with van der Waals surface area (Å²) in [5, 5.41) is 15.3. The second-order valence-corrected chi connectivity index (χ2v) is 17.2. The number of allylic oxidation sites excluding steroid dienone is 1. The van der Waals surface area contributed by atoms with Gasteiger partial charge in [-0.1, -0.05) is 170 Å². The first-order valence-electron chi connectivity index (χ1n) is 23.3. The van der Waals surface area contributed by atoms with E-state index in [0.29, 0.717) is 0 Å². The summed E-state index contributed by atoms with van der Waals surface area (Å²) in [6.45, 7) is 11.2. The summed E-state index contributed by atoms with van der Waals surface area (Å²) in [6, 6.07) is 82.5. The van der Waals surface area contributed by atoms with Crippen molar-refractivity contribution in [2.45, 2.75) is 6.92 Å². The number of fused-ring (bicyclic) bond motifs is 18. The van der Waals surface area contributed by atoms with Crippen LogP contribution in [0.5, 0.6) is 0 Å². The van der Waals surface area contributed by atoms with Crippen LogP contribution in [0.1, 0.15) is 6.92 Å². The van der Waals surface area contributed by atoms with Gasteiger partial charge in [0.25, 0.3) is 0 Å². The molecule has 0 aliphatic carbocycles. The van der Waals surface area contributed by atoms with Gasteiger partial charge in [0.2, 0.25) is 0 Å². The molecule has 0 unspecified atom stereocenters. The van der Waals surface area contributed by atoms with E-state index in [1.54, 1.807) is 6.08 Å². The number of hydrogen-bond donors (Lipinski definition) is 0. The Labute approximate surface area is 395 Å². The molecule has 0 aliphatic heterocycles. The lowest BCUT2D eigenvalue weighted by Crippen LogP contribution is -1.96. The minimum Gasteiger partial charge on any atom is -0.309 e. The van der Waals surface area contributed by atoms with Crippen molar-refractivity contribution in [2.75, 3.05) is 0 Å². The molecule has 0 bridgehead atoms. The fourth-order valence-electron chi connectivity index (χ4n) is 11.0. The average Bonchev–Trinajstić information content (AvgIpc) is 4.07. The first kappa shape index (κ1) is 40.6. The molecule has 11 aromatic carbocycles. The van der Waals surface area contributed by atoms with E-state index in [0.717, 1.165) is 17.1 Å². The minimum absolute atomic E-state index is 1.14. The Kier molecular flexibility index (Phi) is 9.85. The predicted molar refractivity (Wildman–Crippen MR) is 295 cm³/mol. The van der Waals surface area contributed by atoms with Crippen molar-refractivity contribution in [1.29, 1.82) is 0 Å². The minimum atomic E-state index is 1.14. The average molecular weight is 870 g/mol. The van der Waals surface area contributed by atoms with Crippen LogP contribution in [0.2, 0.25) is 0 Å². The van der Waals surface area contributed by atoms with Crippen LogP contribution in [0.25, 0.3) is 126 Å². The molecule has 3 nitrogen and oxygen atoms in total. The summed E-state index contributed by atoms with van der Waals surface area (Å²) < 4.78 is 7.38. The molecule has 0 N–H and O–H groups in total. The largest absolute Gasteiger partial charge is 0.309 e. The van der Waals surface area contributed by atoms with Crippen molar-refractivity contribution < 1.29 is 0 Å². The van der Waals surface area contributed by atoms with E-state index in [2.05, 4.69) is 258 Å². The molecule has 0 atom stereocenters. The van der Waals surface area contributed by atoms with Gasteiger partial charge in [-0.05, 0) is 94.9 Å². The number of rotatable bonds is 4. The monoisotopic (exact) mass is 869 g/mol. The number of nitrogens with zero attached hydrogens (tertiary/aromatic N) is 3. The topological polar surface area (TPSA) is 14.8 Å². The molecule has 0 fully saturated rings. The molecule has 322 valence electrons. The molecule has 14 aromatic rings. The summed E-state index contributed by atoms with van der Waals surface area (Å²) in [6.07, 6.45) is 1.75. The van der Waals surface area contributed by atoms with Gasteiger partial charge in [0, 0.05) is 65.5 Å². The van der Waals surface area contributed by atoms with Crippen LogP contribution in [0, 0.1) is 0 Å². The predicted octanol–water partition coefficient (Wildman–Crippen LogP) is 18.1. The Morgan fingerprint density at radius 1 is 0.279 bits per heavy atom. The fourth-order valence-corrected chi connectivity index (χ4v) is 11.0. The smallest absolute Gasteiger partial charge is 0.0626 e.